The number of nitrogens with one attached hydrogen (secondary N) is 2. The van der Waals surface area contributed by atoms with Crippen molar-refractivity contribution in [1.29, 1.82) is 0 Å². The van der Waals surface area contributed by atoms with Crippen molar-refractivity contribution in [2.75, 3.05) is 10.3 Å². The van der Waals surface area contributed by atoms with Crippen LogP contribution in [0.4, 0.5) is 24.5 Å². The van der Waals surface area contributed by atoms with Crippen molar-refractivity contribution in [3.05, 3.63) is 75.5 Å². The van der Waals surface area contributed by atoms with E-state index in [1.165, 1.54) is 37.5 Å². The van der Waals surface area contributed by atoms with Crippen molar-refractivity contribution in [3.63, 3.8) is 0 Å². The van der Waals surface area contributed by atoms with Crippen LogP contribution in [0.1, 0.15) is 37.3 Å². The minimum Gasteiger partial charge on any atom is -0.324 e. The predicted octanol–water partition coefficient (Wildman–Crippen LogP) is 6.92. The third-order valence-electron chi connectivity index (χ3n) is 4.74. The number of nitrogens with zero attached hydrogens (tertiary/aromatic N) is 2. The number of anilines is 2. The monoisotopic (exact) mass is 496 g/mol. The zero-order chi connectivity index (χ0) is 24.2. The minimum absolute atomic E-state index is 0.0657. The highest BCUT2D eigenvalue weighted by Crippen LogP contribution is 2.39. The number of alkyl halides is 3. The first-order valence-electron chi connectivity index (χ1n) is 9.98. The van der Waals surface area contributed by atoms with Gasteiger partial charge in [-0.2, -0.15) is 13.2 Å². The summed E-state index contributed by atoms with van der Waals surface area (Å²) in [7, 11) is 0. The number of carbonyl (C=O) groups excluding carboxylic acids is 1. The Morgan fingerprint density at radius 2 is 1.91 bits per heavy atom. The number of hydrogen-bond donors (Lipinski definition) is 2. The lowest BCUT2D eigenvalue weighted by Crippen LogP contribution is -2.35. The van der Waals surface area contributed by atoms with Crippen LogP contribution in [0.3, 0.4) is 0 Å². The van der Waals surface area contributed by atoms with E-state index in [0.717, 1.165) is 11.8 Å². The molecule has 0 bridgehead atoms. The number of halogens is 5. The Bertz CT molecular complexity index is 1110. The van der Waals surface area contributed by atoms with Crippen molar-refractivity contribution in [1.82, 2.24) is 5.43 Å². The Morgan fingerprint density at radius 3 is 2.52 bits per heavy atom. The van der Waals surface area contributed by atoms with E-state index in [-0.39, 0.29) is 21.5 Å². The van der Waals surface area contributed by atoms with Gasteiger partial charge in [0.1, 0.15) is 6.34 Å². The van der Waals surface area contributed by atoms with Crippen LogP contribution in [0.25, 0.3) is 6.08 Å². The van der Waals surface area contributed by atoms with Crippen molar-refractivity contribution < 1.29 is 18.0 Å². The van der Waals surface area contributed by atoms with E-state index in [2.05, 4.69) is 15.7 Å². The van der Waals surface area contributed by atoms with Gasteiger partial charge in [0, 0.05) is 23.2 Å². The molecule has 2 aromatic rings. The van der Waals surface area contributed by atoms with Gasteiger partial charge in [0.05, 0.1) is 23.0 Å². The van der Waals surface area contributed by atoms with Gasteiger partial charge in [0.15, 0.2) is 0 Å². The summed E-state index contributed by atoms with van der Waals surface area (Å²) in [6, 6.07) is 8.80. The second-order valence-corrected chi connectivity index (χ2v) is 8.14. The molecular formula is C23H21Cl2F3N4O. The summed E-state index contributed by atoms with van der Waals surface area (Å²) in [4.78, 5) is 15.9. The van der Waals surface area contributed by atoms with E-state index in [1.807, 2.05) is 6.92 Å². The molecule has 2 aromatic carbocycles. The van der Waals surface area contributed by atoms with E-state index in [0.29, 0.717) is 23.4 Å². The Morgan fingerprint density at radius 1 is 1.21 bits per heavy atom. The molecule has 1 aliphatic heterocycles. The first-order chi connectivity index (χ1) is 15.6. The fraction of sp³-hybridized carbons (Fsp3) is 0.217. The molecule has 0 aromatic heterocycles. The zero-order valence-electron chi connectivity index (χ0n) is 17.8. The smallest absolute Gasteiger partial charge is 0.324 e. The van der Waals surface area contributed by atoms with Crippen LogP contribution in [0.15, 0.2) is 59.4 Å². The summed E-state index contributed by atoms with van der Waals surface area (Å²) in [6.07, 6.45) is 1.84. The van der Waals surface area contributed by atoms with Crippen molar-refractivity contribution in [3.8, 4) is 0 Å². The van der Waals surface area contributed by atoms with E-state index in [1.54, 1.807) is 29.4 Å². The molecule has 0 spiro atoms. The third-order valence-corrected chi connectivity index (χ3v) is 5.17. The summed E-state index contributed by atoms with van der Waals surface area (Å²) < 4.78 is 41.3. The Balaban J connectivity index is 1.97. The number of amides is 1. The molecule has 0 aliphatic carbocycles. The van der Waals surface area contributed by atoms with Gasteiger partial charge in [-0.05, 0) is 47.9 Å². The topological polar surface area (TPSA) is 56.7 Å². The molecule has 1 amide bonds. The second-order valence-electron chi connectivity index (χ2n) is 7.27. The first kappa shape index (κ1) is 24.7. The van der Waals surface area contributed by atoms with Gasteiger partial charge in [-0.25, -0.2) is 4.99 Å². The molecule has 2 N–H and O–H groups in total. The summed E-state index contributed by atoms with van der Waals surface area (Å²) in [6.45, 7) is 3.31. The van der Waals surface area contributed by atoms with Gasteiger partial charge in [-0.3, -0.25) is 15.2 Å². The maximum atomic E-state index is 13.8. The molecule has 0 fully saturated rings. The van der Waals surface area contributed by atoms with Crippen LogP contribution in [0, 0.1) is 0 Å². The molecule has 0 saturated carbocycles. The normalized spacial score (nSPS) is 14.8. The van der Waals surface area contributed by atoms with Crippen LogP contribution in [-0.4, -0.2) is 18.4 Å². The van der Waals surface area contributed by atoms with Crippen LogP contribution in [-0.2, 0) is 4.79 Å². The molecule has 33 heavy (non-hydrogen) atoms. The van der Waals surface area contributed by atoms with Crippen LogP contribution in [0.2, 0.25) is 10.0 Å². The molecule has 0 radical (unpaired) electrons. The molecule has 5 nitrogen and oxygen atoms in total. The third kappa shape index (κ3) is 6.52. The molecule has 1 aliphatic rings. The molecule has 1 heterocycles. The standard InChI is InChI=1S/C23H21Cl2F3N4O/c1-3-19-12-32(30-13-29-19)22-7-5-15(8-21(22)31-14(2)33)4-6-20(23(26,27)28)16-9-17(24)11-18(25)10-16/h4-13,20H,3H2,1-2H3,(H,29,30)(H,31,33). The number of aliphatic imine (C=N–C) groups is 1. The molecule has 1 unspecified atom stereocenters. The van der Waals surface area contributed by atoms with Gasteiger partial charge < -0.3 is 5.32 Å². The van der Waals surface area contributed by atoms with E-state index in [9.17, 15) is 18.0 Å². The lowest BCUT2D eigenvalue weighted by Gasteiger charge is -2.26. The summed E-state index contributed by atoms with van der Waals surface area (Å²) in [5.41, 5.74) is 5.21. The van der Waals surface area contributed by atoms with Crippen molar-refractivity contribution in [2.24, 2.45) is 4.99 Å². The summed E-state index contributed by atoms with van der Waals surface area (Å²) >= 11 is 11.8. The average Bonchev–Trinajstić information content (AvgIpc) is 2.72. The minimum atomic E-state index is -4.55. The van der Waals surface area contributed by atoms with E-state index in [4.69, 9.17) is 23.2 Å². The second kappa shape index (κ2) is 10.3. The van der Waals surface area contributed by atoms with Gasteiger partial charge >= 0.3 is 6.18 Å². The van der Waals surface area contributed by atoms with Gasteiger partial charge in [0.2, 0.25) is 5.91 Å². The van der Waals surface area contributed by atoms with E-state index < -0.39 is 12.1 Å². The van der Waals surface area contributed by atoms with Gasteiger partial charge in [0.25, 0.3) is 0 Å². The first-order valence-corrected chi connectivity index (χ1v) is 10.7. The van der Waals surface area contributed by atoms with Crippen LogP contribution in [0.5, 0.6) is 0 Å². The molecular weight excluding hydrogens is 476 g/mol. The number of benzene rings is 2. The summed E-state index contributed by atoms with van der Waals surface area (Å²) in [5.74, 6) is -2.22. The molecule has 0 saturated heterocycles. The Hall–Kier alpha value is -2.97. The fourth-order valence-corrected chi connectivity index (χ4v) is 3.79. The van der Waals surface area contributed by atoms with Crippen LogP contribution < -0.4 is 15.8 Å². The SMILES string of the molecule is CCC1=CN(c2ccc(C=CC(c3cc(Cl)cc(Cl)c3)C(F)(F)F)cc2NC(C)=O)NC=N1. The molecule has 10 heteroatoms. The average molecular weight is 497 g/mol. The van der Waals surface area contributed by atoms with Gasteiger partial charge in [-0.15, -0.1) is 0 Å². The van der Waals surface area contributed by atoms with Gasteiger partial charge in [-0.1, -0.05) is 48.3 Å². The highest BCUT2D eigenvalue weighted by Gasteiger charge is 2.39. The highest BCUT2D eigenvalue weighted by atomic mass is 35.5. The predicted molar refractivity (Wildman–Crippen MR) is 128 cm³/mol. The number of rotatable bonds is 6. The maximum absolute atomic E-state index is 13.8. The highest BCUT2D eigenvalue weighted by molar-refractivity contribution is 6.34. The number of hydrogen-bond acceptors (Lipinski definition) is 4. The van der Waals surface area contributed by atoms with Crippen LogP contribution >= 0.6 is 23.2 Å². The van der Waals surface area contributed by atoms with E-state index >= 15 is 0 Å². The summed E-state index contributed by atoms with van der Waals surface area (Å²) in [5, 5.41) is 4.64. The maximum Gasteiger partial charge on any atom is 0.399 e. The molecule has 3 rings (SSSR count). The molecule has 174 valence electrons. The van der Waals surface area contributed by atoms with Crippen molar-refractivity contribution in [2.45, 2.75) is 32.4 Å². The zero-order valence-corrected chi connectivity index (χ0v) is 19.3. The largest absolute Gasteiger partial charge is 0.399 e. The van der Waals surface area contributed by atoms with Crippen molar-refractivity contribution >= 4 is 52.9 Å². The number of allylic oxidation sites excluding steroid dienone is 2. The number of hydrazine groups is 1. The Labute approximate surface area is 199 Å². The number of carbonyl (C=O) groups is 1. The fourth-order valence-electron chi connectivity index (χ4n) is 3.24. The Kier molecular flexibility index (Phi) is 7.71. The molecule has 1 atom stereocenters. The lowest BCUT2D eigenvalue weighted by atomic mass is 9.97. The quantitative estimate of drug-likeness (QED) is 0.456. The lowest BCUT2D eigenvalue weighted by molar-refractivity contribution is -0.139.